The van der Waals surface area contributed by atoms with Crippen molar-refractivity contribution in [2.45, 2.75) is 122 Å². The average molecular weight is 431 g/mol. The fraction of sp³-hybridized carbons (Fsp3) is 0.679. The molecule has 0 saturated carbocycles. The Morgan fingerprint density at radius 3 is 1.74 bits per heavy atom. The van der Waals surface area contributed by atoms with E-state index in [9.17, 15) is 15.0 Å². The van der Waals surface area contributed by atoms with Gasteiger partial charge in [0, 0.05) is 0 Å². The molecule has 0 atom stereocenters. The zero-order valence-corrected chi connectivity index (χ0v) is 19.9. The molecule has 3 heteroatoms. The maximum atomic E-state index is 11.3. The Hall–Kier alpha value is -1.77. The van der Waals surface area contributed by atoms with E-state index in [0.29, 0.717) is 0 Å². The average Bonchev–Trinajstić information content (AvgIpc) is 2.75. The molecule has 0 aliphatic carbocycles. The molecule has 0 radical (unpaired) electrons. The van der Waals surface area contributed by atoms with Crippen LogP contribution in [0.3, 0.4) is 0 Å². The Labute approximate surface area is 191 Å². The molecule has 2 N–H and O–H groups in total. The van der Waals surface area contributed by atoms with Crippen molar-refractivity contribution in [1.82, 2.24) is 0 Å². The summed E-state index contributed by atoms with van der Waals surface area (Å²) in [6.07, 6.45) is 27.5. The third kappa shape index (κ3) is 14.0. The lowest BCUT2D eigenvalue weighted by Gasteiger charge is -2.08. The lowest BCUT2D eigenvalue weighted by molar-refractivity contribution is 0.0692. The van der Waals surface area contributed by atoms with Gasteiger partial charge in [-0.2, -0.15) is 0 Å². The molecular formula is C28H46O3. The van der Waals surface area contributed by atoms with Gasteiger partial charge in [0.1, 0.15) is 11.3 Å². The van der Waals surface area contributed by atoms with Crippen molar-refractivity contribution in [3.63, 3.8) is 0 Å². The molecule has 1 rings (SSSR count). The summed E-state index contributed by atoms with van der Waals surface area (Å²) < 4.78 is 0. The van der Waals surface area contributed by atoms with Crippen LogP contribution in [0.5, 0.6) is 5.75 Å². The summed E-state index contributed by atoms with van der Waals surface area (Å²) in [6, 6.07) is 4.99. The highest BCUT2D eigenvalue weighted by atomic mass is 16.4. The van der Waals surface area contributed by atoms with E-state index >= 15 is 0 Å². The van der Waals surface area contributed by atoms with Crippen molar-refractivity contribution < 1.29 is 15.0 Å². The van der Waals surface area contributed by atoms with Crippen LogP contribution in [-0.2, 0) is 6.42 Å². The number of carboxylic acids is 1. The second-order valence-corrected chi connectivity index (χ2v) is 8.86. The van der Waals surface area contributed by atoms with E-state index in [4.69, 9.17) is 0 Å². The number of unbranched alkanes of at least 4 members (excludes halogenated alkanes) is 15. The molecule has 0 heterocycles. The zero-order chi connectivity index (χ0) is 22.6. The first-order chi connectivity index (χ1) is 15.2. The van der Waals surface area contributed by atoms with E-state index in [0.717, 1.165) is 24.8 Å². The summed E-state index contributed by atoms with van der Waals surface area (Å²) >= 11 is 0. The molecule has 0 fully saturated rings. The van der Waals surface area contributed by atoms with Gasteiger partial charge in [0.15, 0.2) is 0 Å². The van der Waals surface area contributed by atoms with Crippen LogP contribution >= 0.6 is 0 Å². The minimum Gasteiger partial charge on any atom is -0.507 e. The number of rotatable bonds is 20. The topological polar surface area (TPSA) is 57.5 Å². The molecule has 1 aromatic carbocycles. The van der Waals surface area contributed by atoms with Gasteiger partial charge in [-0.15, -0.1) is 0 Å². The van der Waals surface area contributed by atoms with E-state index in [1.807, 2.05) is 6.07 Å². The van der Waals surface area contributed by atoms with Crippen LogP contribution in [0.15, 0.2) is 30.4 Å². The van der Waals surface area contributed by atoms with Crippen molar-refractivity contribution in [3.8, 4) is 5.75 Å². The fourth-order valence-corrected chi connectivity index (χ4v) is 4.14. The number of carbonyl (C=O) groups is 1. The number of allylic oxidation sites excluding steroid dienone is 2. The number of aromatic hydroxyl groups is 1. The van der Waals surface area contributed by atoms with Gasteiger partial charge in [-0.3, -0.25) is 0 Å². The highest BCUT2D eigenvalue weighted by Crippen LogP contribution is 2.23. The van der Waals surface area contributed by atoms with Gasteiger partial charge in [0.25, 0.3) is 0 Å². The number of phenols is 1. The first kappa shape index (κ1) is 27.3. The Morgan fingerprint density at radius 1 is 0.742 bits per heavy atom. The van der Waals surface area contributed by atoms with Crippen LogP contribution in [0.2, 0.25) is 0 Å². The first-order valence-electron chi connectivity index (χ1n) is 12.9. The summed E-state index contributed by atoms with van der Waals surface area (Å²) in [6.45, 7) is 2.26. The summed E-state index contributed by atoms with van der Waals surface area (Å²) in [5.41, 5.74) is 0.817. The smallest absolute Gasteiger partial charge is 0.339 e. The molecule has 0 aliphatic heterocycles. The van der Waals surface area contributed by atoms with Crippen molar-refractivity contribution >= 4 is 5.97 Å². The van der Waals surface area contributed by atoms with Crippen molar-refractivity contribution in [1.29, 1.82) is 0 Å². The summed E-state index contributed by atoms with van der Waals surface area (Å²) in [5.74, 6) is -1.16. The molecule has 0 bridgehead atoms. The standard InChI is InChI=1S/C28H46O3/c1-2-3-4-5-6-7-8-9-10-11-12-13-14-15-16-17-18-19-20-22-25-23-21-24-26(29)27(25)28(30)31/h6-7,21,23-24,29H,2-5,8-20,22H2,1H3,(H,30,31)/b7-6-. The highest BCUT2D eigenvalue weighted by molar-refractivity contribution is 5.92. The van der Waals surface area contributed by atoms with E-state index in [2.05, 4.69) is 19.1 Å². The summed E-state index contributed by atoms with van der Waals surface area (Å²) in [5, 5.41) is 19.0. The van der Waals surface area contributed by atoms with Crippen LogP contribution in [0.1, 0.15) is 132 Å². The third-order valence-electron chi connectivity index (χ3n) is 6.05. The second kappa shape index (κ2) is 19.0. The Morgan fingerprint density at radius 2 is 1.23 bits per heavy atom. The van der Waals surface area contributed by atoms with Gasteiger partial charge in [0.05, 0.1) is 0 Å². The maximum absolute atomic E-state index is 11.3. The molecule has 1 aromatic rings. The van der Waals surface area contributed by atoms with Gasteiger partial charge >= 0.3 is 5.97 Å². The van der Waals surface area contributed by atoms with Crippen molar-refractivity contribution in [3.05, 3.63) is 41.5 Å². The highest BCUT2D eigenvalue weighted by Gasteiger charge is 2.14. The number of carboxylic acid groups (broad SMARTS) is 1. The van der Waals surface area contributed by atoms with Crippen LogP contribution in [0.25, 0.3) is 0 Å². The minimum atomic E-state index is -1.04. The maximum Gasteiger partial charge on any atom is 0.339 e. The number of hydrogen-bond donors (Lipinski definition) is 2. The monoisotopic (exact) mass is 430 g/mol. The zero-order valence-electron chi connectivity index (χ0n) is 19.9. The van der Waals surface area contributed by atoms with Gasteiger partial charge in [-0.25, -0.2) is 4.79 Å². The lowest BCUT2D eigenvalue weighted by Crippen LogP contribution is -2.03. The molecule has 176 valence electrons. The fourth-order valence-electron chi connectivity index (χ4n) is 4.14. The lowest BCUT2D eigenvalue weighted by atomic mass is 9.99. The van der Waals surface area contributed by atoms with Gasteiger partial charge in [-0.1, -0.05) is 108 Å². The predicted molar refractivity (Wildman–Crippen MR) is 132 cm³/mol. The SMILES string of the molecule is CCCCC/C=C\CCCCCCCCCCCCCCc1cccc(O)c1C(=O)O. The molecular weight excluding hydrogens is 384 g/mol. The minimum absolute atomic E-state index is 0.0707. The normalized spacial score (nSPS) is 11.4. The van der Waals surface area contributed by atoms with E-state index in [1.54, 1.807) is 6.07 Å². The summed E-state index contributed by atoms with van der Waals surface area (Å²) in [4.78, 5) is 11.3. The van der Waals surface area contributed by atoms with Gasteiger partial charge < -0.3 is 10.2 Å². The molecule has 0 aliphatic rings. The predicted octanol–water partition coefficient (Wildman–Crippen LogP) is 8.84. The molecule has 0 spiro atoms. The van der Waals surface area contributed by atoms with Crippen LogP contribution in [0.4, 0.5) is 0 Å². The van der Waals surface area contributed by atoms with Crippen molar-refractivity contribution in [2.24, 2.45) is 0 Å². The Bertz CT molecular complexity index is 606. The largest absolute Gasteiger partial charge is 0.507 e. The molecule has 0 amide bonds. The molecule has 3 nitrogen and oxygen atoms in total. The molecule has 0 saturated heterocycles. The number of aromatic carboxylic acids is 1. The molecule has 0 unspecified atom stereocenters. The first-order valence-corrected chi connectivity index (χ1v) is 12.9. The van der Waals surface area contributed by atoms with Crippen LogP contribution in [0, 0.1) is 0 Å². The Balaban J connectivity index is 1.87. The van der Waals surface area contributed by atoms with Crippen LogP contribution < -0.4 is 0 Å². The van der Waals surface area contributed by atoms with E-state index in [-0.39, 0.29) is 11.3 Å². The third-order valence-corrected chi connectivity index (χ3v) is 6.05. The van der Waals surface area contributed by atoms with Crippen molar-refractivity contribution in [2.75, 3.05) is 0 Å². The molecule has 0 aromatic heterocycles. The number of hydrogen-bond acceptors (Lipinski definition) is 2. The second-order valence-electron chi connectivity index (χ2n) is 8.86. The van der Waals surface area contributed by atoms with E-state index in [1.165, 1.54) is 102 Å². The summed E-state index contributed by atoms with van der Waals surface area (Å²) in [7, 11) is 0. The van der Waals surface area contributed by atoms with Crippen LogP contribution in [-0.4, -0.2) is 16.2 Å². The molecule has 31 heavy (non-hydrogen) atoms. The van der Waals surface area contributed by atoms with Gasteiger partial charge in [-0.05, 0) is 50.2 Å². The number of benzene rings is 1. The van der Waals surface area contributed by atoms with Gasteiger partial charge in [0.2, 0.25) is 0 Å². The van der Waals surface area contributed by atoms with E-state index < -0.39 is 5.97 Å². The number of aryl methyl sites for hydroxylation is 1. The quantitative estimate of drug-likeness (QED) is 0.160. The Kier molecular flexibility index (Phi) is 16.7.